The average molecular weight is 567 g/mol. The number of nitrogens with zero attached hydrogens (tertiary/aromatic N) is 4. The van der Waals surface area contributed by atoms with Crippen LogP contribution in [0.2, 0.25) is 0 Å². The lowest BCUT2D eigenvalue weighted by Crippen LogP contribution is -2.24. The Morgan fingerprint density at radius 1 is 1.34 bits per heavy atom. The topological polar surface area (TPSA) is 165 Å². The van der Waals surface area contributed by atoms with Crippen molar-refractivity contribution in [2.75, 3.05) is 11.9 Å². The molecule has 5 N–H and O–H groups in total. The molecule has 0 amide bonds. The molecule has 4 atom stereocenters. The van der Waals surface area contributed by atoms with Crippen LogP contribution in [0.15, 0.2) is 47.3 Å². The van der Waals surface area contributed by atoms with E-state index in [0.29, 0.717) is 36.5 Å². The second-order valence-electron chi connectivity index (χ2n) is 8.64. The van der Waals surface area contributed by atoms with Gasteiger partial charge < -0.3 is 15.5 Å². The van der Waals surface area contributed by atoms with Crippen LogP contribution < -0.4 is 10.5 Å². The number of nitrogens with one attached hydrogen (secondary N) is 1. The quantitative estimate of drug-likeness (QED) is 0.301. The van der Waals surface area contributed by atoms with Crippen LogP contribution in [0.3, 0.4) is 0 Å². The summed E-state index contributed by atoms with van der Waals surface area (Å²) in [6.07, 6.45) is 1.85. The second-order valence-corrected chi connectivity index (χ2v) is 10.8. The number of aromatic nitrogens is 4. The minimum Gasteiger partial charge on any atom is -0.393 e. The summed E-state index contributed by atoms with van der Waals surface area (Å²) in [6, 6.07) is 9.54. The van der Waals surface area contributed by atoms with Gasteiger partial charge in [0.1, 0.15) is 18.2 Å². The van der Waals surface area contributed by atoms with Gasteiger partial charge in [-0.05, 0) is 43.5 Å². The monoisotopic (exact) mass is 566 g/mol. The number of halogens is 1. The van der Waals surface area contributed by atoms with E-state index in [0.717, 1.165) is 15.7 Å². The second kappa shape index (κ2) is 10.7. The van der Waals surface area contributed by atoms with Crippen LogP contribution in [-0.2, 0) is 21.0 Å². The van der Waals surface area contributed by atoms with Gasteiger partial charge in [-0.2, -0.15) is 13.5 Å². The molecule has 4 rings (SSSR count). The molecule has 0 spiro atoms. The minimum atomic E-state index is -4.08. The molecule has 2 aromatic heterocycles. The maximum absolute atomic E-state index is 11.1. The van der Waals surface area contributed by atoms with Gasteiger partial charge in [-0.15, -0.1) is 0 Å². The van der Waals surface area contributed by atoms with Crippen molar-refractivity contribution >= 4 is 32.1 Å². The van der Waals surface area contributed by atoms with Crippen molar-refractivity contribution in [2.45, 2.75) is 44.6 Å². The van der Waals surface area contributed by atoms with Crippen LogP contribution in [0.25, 0.3) is 0 Å². The normalized spacial score (nSPS) is 21.2. The van der Waals surface area contributed by atoms with Gasteiger partial charge in [-0.1, -0.05) is 28.1 Å². The number of aryl methyl sites for hydroxylation is 1. The van der Waals surface area contributed by atoms with Crippen LogP contribution in [0.1, 0.15) is 41.5 Å². The molecule has 188 valence electrons. The number of aliphatic hydroxyl groups is 2. The van der Waals surface area contributed by atoms with Gasteiger partial charge in [-0.3, -0.25) is 8.86 Å². The van der Waals surface area contributed by atoms with Gasteiger partial charge in [0, 0.05) is 33.9 Å². The molecule has 1 aliphatic carbocycles. The summed E-state index contributed by atoms with van der Waals surface area (Å²) in [7, 11) is -4.08. The highest BCUT2D eigenvalue weighted by Gasteiger charge is 2.35. The van der Waals surface area contributed by atoms with Crippen molar-refractivity contribution in [3.63, 3.8) is 0 Å². The lowest BCUT2D eigenvalue weighted by atomic mass is 10.1. The number of rotatable bonds is 9. The van der Waals surface area contributed by atoms with Gasteiger partial charge >= 0.3 is 10.3 Å². The first-order chi connectivity index (χ1) is 16.6. The number of hydrogen-bond acceptors (Lipinski definition) is 9. The Labute approximate surface area is 211 Å². The third kappa shape index (κ3) is 6.63. The minimum absolute atomic E-state index is 0.202. The zero-order chi connectivity index (χ0) is 25.2. The average Bonchev–Trinajstić information content (AvgIpc) is 3.33. The first-order valence-electron chi connectivity index (χ1n) is 11.0. The van der Waals surface area contributed by atoms with Crippen LogP contribution in [-0.4, -0.2) is 57.1 Å². The van der Waals surface area contributed by atoms with E-state index in [4.69, 9.17) is 5.14 Å². The summed E-state index contributed by atoms with van der Waals surface area (Å²) in [6.45, 7) is 2.27. The summed E-state index contributed by atoms with van der Waals surface area (Å²) >= 11 is 3.48. The summed E-state index contributed by atoms with van der Waals surface area (Å²) in [4.78, 5) is 8.34. The molecule has 1 aromatic carbocycles. The molecule has 0 radical (unpaired) electrons. The van der Waals surface area contributed by atoms with Gasteiger partial charge in [0.25, 0.3) is 0 Å². The Hall–Kier alpha value is -2.42. The summed E-state index contributed by atoms with van der Waals surface area (Å²) < 4.78 is 29.6. The van der Waals surface area contributed by atoms with Crippen molar-refractivity contribution < 1.29 is 22.8 Å². The molecule has 13 heteroatoms. The van der Waals surface area contributed by atoms with Gasteiger partial charge in [-0.25, -0.2) is 15.1 Å². The Kier molecular flexibility index (Phi) is 7.83. The molecule has 0 bridgehead atoms. The Balaban J connectivity index is 1.47. The molecular formula is C22H27BrN6O5S. The van der Waals surface area contributed by atoms with Crippen molar-refractivity contribution in [2.24, 2.45) is 11.1 Å². The van der Waals surface area contributed by atoms with Crippen molar-refractivity contribution in [1.29, 1.82) is 0 Å². The number of aliphatic hydroxyl groups excluding tert-OH is 2. The highest BCUT2D eigenvalue weighted by molar-refractivity contribution is 9.10. The van der Waals surface area contributed by atoms with Crippen molar-refractivity contribution in [1.82, 2.24) is 19.7 Å². The van der Waals surface area contributed by atoms with Crippen LogP contribution in [0.5, 0.6) is 0 Å². The first kappa shape index (κ1) is 25.7. The zero-order valence-corrected chi connectivity index (χ0v) is 21.4. The van der Waals surface area contributed by atoms with Crippen molar-refractivity contribution in [3.8, 4) is 0 Å². The fourth-order valence-corrected chi connectivity index (χ4v) is 5.04. The number of benzene rings is 1. The lowest BCUT2D eigenvalue weighted by Gasteiger charge is -2.18. The van der Waals surface area contributed by atoms with E-state index in [1.807, 2.05) is 41.9 Å². The number of nitrogens with two attached hydrogens (primary N) is 1. The molecule has 0 aliphatic heterocycles. The predicted octanol–water partition coefficient (Wildman–Crippen LogP) is 1.65. The summed E-state index contributed by atoms with van der Waals surface area (Å²) in [5.41, 5.74) is 2.86. The highest BCUT2D eigenvalue weighted by atomic mass is 79.9. The SMILES string of the molecule is Cc1cc(C(O)c2cncnc2N[C@@H]2C[C@@H](COS(N)(=O)=O)[C@@H](O)C2)nn1Cc1cccc(Br)c1. The Bertz CT molecular complexity index is 1290. The smallest absolute Gasteiger partial charge is 0.333 e. The lowest BCUT2D eigenvalue weighted by molar-refractivity contribution is 0.101. The molecule has 2 heterocycles. The third-order valence-electron chi connectivity index (χ3n) is 5.98. The highest BCUT2D eigenvalue weighted by Crippen LogP contribution is 2.32. The maximum atomic E-state index is 11.1. The van der Waals surface area contributed by atoms with E-state index < -0.39 is 28.4 Å². The molecule has 1 fully saturated rings. The first-order valence-corrected chi connectivity index (χ1v) is 13.2. The van der Waals surface area contributed by atoms with Crippen molar-refractivity contribution in [3.05, 3.63) is 69.8 Å². The van der Waals surface area contributed by atoms with Crippen LogP contribution >= 0.6 is 15.9 Å². The third-order valence-corrected chi connectivity index (χ3v) is 6.94. The van der Waals surface area contributed by atoms with E-state index >= 15 is 0 Å². The molecule has 1 aliphatic rings. The van der Waals surface area contributed by atoms with E-state index in [2.05, 4.69) is 40.5 Å². The van der Waals surface area contributed by atoms with Crippen LogP contribution in [0.4, 0.5) is 5.82 Å². The summed E-state index contributed by atoms with van der Waals surface area (Å²) in [5.74, 6) is 0.00862. The summed E-state index contributed by atoms with van der Waals surface area (Å²) in [5, 5.41) is 34.1. The molecule has 1 saturated carbocycles. The standard InChI is InChI=1S/C22H27BrN6O5S/c1-13-5-19(28-29(13)10-14-3-2-4-16(23)6-14)21(31)18-9-25-12-26-22(18)27-17-7-15(20(30)8-17)11-34-35(24,32)33/h2-6,9,12,15,17,20-21,30-31H,7-8,10-11H2,1H3,(H2,24,32,33)(H,25,26,27)/t15-,17+,20-,21?/m0/s1. The largest absolute Gasteiger partial charge is 0.393 e. The molecule has 11 nitrogen and oxygen atoms in total. The fraction of sp³-hybridized carbons (Fsp3) is 0.409. The van der Waals surface area contributed by atoms with Gasteiger partial charge in [0.15, 0.2) is 0 Å². The zero-order valence-electron chi connectivity index (χ0n) is 19.0. The molecule has 0 saturated heterocycles. The van der Waals surface area contributed by atoms with E-state index in [-0.39, 0.29) is 12.6 Å². The fourth-order valence-electron chi connectivity index (χ4n) is 4.23. The van der Waals surface area contributed by atoms with Gasteiger partial charge in [0.2, 0.25) is 0 Å². The molecular weight excluding hydrogens is 540 g/mol. The number of hydrogen-bond donors (Lipinski definition) is 4. The van der Waals surface area contributed by atoms with E-state index in [1.54, 1.807) is 0 Å². The van der Waals surface area contributed by atoms with E-state index in [9.17, 15) is 18.6 Å². The van der Waals surface area contributed by atoms with Gasteiger partial charge in [0.05, 0.1) is 24.9 Å². The van der Waals surface area contributed by atoms with E-state index in [1.165, 1.54) is 12.5 Å². The maximum Gasteiger partial charge on any atom is 0.333 e. The predicted molar refractivity (Wildman–Crippen MR) is 132 cm³/mol. The Morgan fingerprint density at radius 3 is 2.89 bits per heavy atom. The van der Waals surface area contributed by atoms with Crippen LogP contribution in [0, 0.1) is 12.8 Å². The molecule has 3 aromatic rings. The molecule has 1 unspecified atom stereocenters. The Morgan fingerprint density at radius 2 is 2.14 bits per heavy atom. The molecule has 35 heavy (non-hydrogen) atoms. The number of anilines is 1.